The number of hydrogen-bond acceptors (Lipinski definition) is 4. The topological polar surface area (TPSA) is 56.1 Å². The summed E-state index contributed by atoms with van der Waals surface area (Å²) in [5.74, 6) is 0.459. The van der Waals surface area contributed by atoms with Crippen LogP contribution >= 0.6 is 12.4 Å². The van der Waals surface area contributed by atoms with Gasteiger partial charge in [-0.25, -0.2) is 4.79 Å². The first kappa shape index (κ1) is 15.0. The van der Waals surface area contributed by atoms with Crippen LogP contribution in [0.2, 0.25) is 0 Å². The highest BCUT2D eigenvalue weighted by Crippen LogP contribution is 2.21. The molecule has 0 unspecified atom stereocenters. The number of hydrogen-bond donors (Lipinski definition) is 1. The zero-order chi connectivity index (χ0) is 13.1. The number of anilines is 2. The number of esters is 1. The van der Waals surface area contributed by atoms with Crippen LogP contribution in [0.15, 0.2) is 30.3 Å². The molecule has 6 heteroatoms. The molecule has 19 heavy (non-hydrogen) atoms. The molecule has 102 valence electrons. The molecule has 0 aliphatic rings. The van der Waals surface area contributed by atoms with Crippen molar-refractivity contribution in [2.45, 2.75) is 6.92 Å². The molecule has 0 bridgehead atoms. The van der Waals surface area contributed by atoms with Crippen LogP contribution < -0.4 is 5.32 Å². The van der Waals surface area contributed by atoms with E-state index >= 15 is 0 Å². The third-order valence-corrected chi connectivity index (χ3v) is 2.60. The Balaban J connectivity index is 0.00000180. The highest BCUT2D eigenvalue weighted by molar-refractivity contribution is 5.96. The molecule has 2 rings (SSSR count). The van der Waals surface area contributed by atoms with Crippen molar-refractivity contribution >= 4 is 29.9 Å². The molecule has 1 heterocycles. The molecule has 0 fully saturated rings. The number of ether oxygens (including phenoxy) is 1. The van der Waals surface area contributed by atoms with Crippen LogP contribution in [0.25, 0.3) is 0 Å². The molecule has 0 spiro atoms. The van der Waals surface area contributed by atoms with E-state index in [2.05, 4.69) is 10.4 Å². The van der Waals surface area contributed by atoms with Gasteiger partial charge in [0.25, 0.3) is 0 Å². The van der Waals surface area contributed by atoms with Crippen molar-refractivity contribution in [2.75, 3.05) is 12.4 Å². The predicted molar refractivity (Wildman–Crippen MR) is 76.3 cm³/mol. The lowest BCUT2D eigenvalue weighted by Crippen LogP contribution is -2.07. The second-order valence-electron chi connectivity index (χ2n) is 3.96. The number of halogens is 1. The number of benzene rings is 1. The standard InChI is InChI=1S/C13H15N3O2.ClH/c1-9-8-12(16(2)15-9)14-11-7-5-4-6-10(11)13(17)18-3;/h4-8,14H,1-3H3;1H. The minimum atomic E-state index is -0.364. The summed E-state index contributed by atoms with van der Waals surface area (Å²) in [4.78, 5) is 11.6. The van der Waals surface area contributed by atoms with Gasteiger partial charge in [0.15, 0.2) is 0 Å². The van der Waals surface area contributed by atoms with E-state index in [9.17, 15) is 4.79 Å². The Hall–Kier alpha value is -2.01. The molecule has 0 saturated heterocycles. The molecule has 0 amide bonds. The Morgan fingerprint density at radius 2 is 2.05 bits per heavy atom. The Kier molecular flexibility index (Phi) is 4.94. The van der Waals surface area contributed by atoms with Crippen LogP contribution in [0, 0.1) is 6.92 Å². The van der Waals surface area contributed by atoms with Crippen LogP contribution in [0.5, 0.6) is 0 Å². The zero-order valence-electron chi connectivity index (χ0n) is 11.0. The van der Waals surface area contributed by atoms with Gasteiger partial charge in [0, 0.05) is 13.1 Å². The Morgan fingerprint density at radius 3 is 2.63 bits per heavy atom. The summed E-state index contributed by atoms with van der Waals surface area (Å²) in [6.45, 7) is 1.91. The fourth-order valence-electron chi connectivity index (χ4n) is 1.75. The molecule has 2 aromatic rings. The number of carbonyl (C=O) groups is 1. The fraction of sp³-hybridized carbons (Fsp3) is 0.231. The first-order valence-electron chi connectivity index (χ1n) is 5.57. The molecule has 0 radical (unpaired) electrons. The summed E-state index contributed by atoms with van der Waals surface area (Å²) >= 11 is 0. The number of aromatic nitrogens is 2. The highest BCUT2D eigenvalue weighted by atomic mass is 35.5. The van der Waals surface area contributed by atoms with Crippen LogP contribution in [-0.2, 0) is 11.8 Å². The quantitative estimate of drug-likeness (QED) is 0.879. The second-order valence-corrected chi connectivity index (χ2v) is 3.96. The van der Waals surface area contributed by atoms with Crippen molar-refractivity contribution in [2.24, 2.45) is 7.05 Å². The third-order valence-electron chi connectivity index (χ3n) is 2.60. The van der Waals surface area contributed by atoms with Crippen LogP contribution in [-0.4, -0.2) is 22.9 Å². The van der Waals surface area contributed by atoms with E-state index in [1.165, 1.54) is 7.11 Å². The summed E-state index contributed by atoms with van der Waals surface area (Å²) in [6, 6.07) is 9.12. The third kappa shape index (κ3) is 3.26. The first-order valence-corrected chi connectivity index (χ1v) is 5.57. The second kappa shape index (κ2) is 6.24. The van der Waals surface area contributed by atoms with Gasteiger partial charge >= 0.3 is 5.97 Å². The van der Waals surface area contributed by atoms with Crippen molar-refractivity contribution in [1.82, 2.24) is 9.78 Å². The van der Waals surface area contributed by atoms with Crippen molar-refractivity contribution < 1.29 is 9.53 Å². The van der Waals surface area contributed by atoms with Gasteiger partial charge in [-0.05, 0) is 19.1 Å². The average Bonchev–Trinajstić information content (AvgIpc) is 2.67. The number of para-hydroxylation sites is 1. The van der Waals surface area contributed by atoms with E-state index < -0.39 is 0 Å². The SMILES string of the molecule is COC(=O)c1ccccc1Nc1cc(C)nn1C.Cl. The lowest BCUT2D eigenvalue weighted by atomic mass is 10.2. The van der Waals surface area contributed by atoms with E-state index in [0.29, 0.717) is 11.3 Å². The monoisotopic (exact) mass is 281 g/mol. The fourth-order valence-corrected chi connectivity index (χ4v) is 1.75. The van der Waals surface area contributed by atoms with Gasteiger partial charge in [0.2, 0.25) is 0 Å². The summed E-state index contributed by atoms with van der Waals surface area (Å²) in [5.41, 5.74) is 2.11. The minimum absolute atomic E-state index is 0. The number of nitrogens with one attached hydrogen (secondary N) is 1. The Labute approximate surface area is 118 Å². The molecular weight excluding hydrogens is 266 g/mol. The minimum Gasteiger partial charge on any atom is -0.465 e. The summed E-state index contributed by atoms with van der Waals surface area (Å²) in [7, 11) is 3.21. The molecule has 1 aromatic carbocycles. The Morgan fingerprint density at radius 1 is 1.37 bits per heavy atom. The van der Waals surface area contributed by atoms with Gasteiger partial charge in [-0.2, -0.15) is 5.10 Å². The maximum absolute atomic E-state index is 11.6. The molecule has 0 aliphatic heterocycles. The largest absolute Gasteiger partial charge is 0.465 e. The van der Waals surface area contributed by atoms with Gasteiger partial charge in [-0.3, -0.25) is 4.68 Å². The molecular formula is C13H16ClN3O2. The summed E-state index contributed by atoms with van der Waals surface area (Å²) in [5, 5.41) is 7.42. The highest BCUT2D eigenvalue weighted by Gasteiger charge is 2.12. The zero-order valence-corrected chi connectivity index (χ0v) is 11.8. The van der Waals surface area contributed by atoms with E-state index in [1.54, 1.807) is 16.8 Å². The maximum atomic E-state index is 11.6. The summed E-state index contributed by atoms with van der Waals surface area (Å²) < 4.78 is 6.47. The van der Waals surface area contributed by atoms with Crippen molar-refractivity contribution in [3.8, 4) is 0 Å². The predicted octanol–water partition coefficient (Wildman–Crippen LogP) is 2.68. The number of carbonyl (C=O) groups excluding carboxylic acids is 1. The number of rotatable bonds is 3. The van der Waals surface area contributed by atoms with Crippen molar-refractivity contribution in [3.05, 3.63) is 41.6 Å². The molecule has 5 nitrogen and oxygen atoms in total. The van der Waals surface area contributed by atoms with Gasteiger partial charge < -0.3 is 10.1 Å². The molecule has 0 aliphatic carbocycles. The molecule has 0 atom stereocenters. The number of methoxy groups -OCH3 is 1. The van der Waals surface area contributed by atoms with Crippen LogP contribution in [0.4, 0.5) is 11.5 Å². The van der Waals surface area contributed by atoms with Crippen molar-refractivity contribution in [3.63, 3.8) is 0 Å². The Bertz CT molecular complexity index is 581. The van der Waals surface area contributed by atoms with Gasteiger partial charge in [0.05, 0.1) is 24.1 Å². The lowest BCUT2D eigenvalue weighted by molar-refractivity contribution is 0.0602. The van der Waals surface area contributed by atoms with Crippen molar-refractivity contribution in [1.29, 1.82) is 0 Å². The average molecular weight is 282 g/mol. The number of aryl methyl sites for hydroxylation is 2. The normalized spacial score (nSPS) is 9.63. The van der Waals surface area contributed by atoms with Crippen LogP contribution in [0.1, 0.15) is 16.1 Å². The summed E-state index contributed by atoms with van der Waals surface area (Å²) in [6.07, 6.45) is 0. The van der Waals surface area contributed by atoms with Gasteiger partial charge in [-0.1, -0.05) is 12.1 Å². The van der Waals surface area contributed by atoms with Gasteiger partial charge in [-0.15, -0.1) is 12.4 Å². The smallest absolute Gasteiger partial charge is 0.339 e. The van der Waals surface area contributed by atoms with Gasteiger partial charge in [0.1, 0.15) is 5.82 Å². The lowest BCUT2D eigenvalue weighted by Gasteiger charge is -2.10. The maximum Gasteiger partial charge on any atom is 0.339 e. The van der Waals surface area contributed by atoms with E-state index in [4.69, 9.17) is 4.74 Å². The van der Waals surface area contributed by atoms with E-state index in [-0.39, 0.29) is 18.4 Å². The van der Waals surface area contributed by atoms with E-state index in [0.717, 1.165) is 11.5 Å². The number of nitrogens with zero attached hydrogens (tertiary/aromatic N) is 2. The van der Waals surface area contributed by atoms with Crippen LogP contribution in [0.3, 0.4) is 0 Å². The molecule has 1 aromatic heterocycles. The molecule has 1 N–H and O–H groups in total. The van der Waals surface area contributed by atoms with E-state index in [1.807, 2.05) is 32.2 Å². The first-order chi connectivity index (χ1) is 8.61. The molecule has 0 saturated carbocycles.